The summed E-state index contributed by atoms with van der Waals surface area (Å²) in [6.07, 6.45) is 8.38. The van der Waals surface area contributed by atoms with Crippen molar-refractivity contribution in [3.8, 4) is 5.75 Å². The molecule has 2 aromatic carbocycles. The Kier molecular flexibility index (Phi) is 9.77. The lowest BCUT2D eigenvalue weighted by Gasteiger charge is -2.46. The highest BCUT2D eigenvalue weighted by Crippen LogP contribution is 2.47. The third kappa shape index (κ3) is 7.24. The average Bonchev–Trinajstić information content (AvgIpc) is 3.40. The van der Waals surface area contributed by atoms with Gasteiger partial charge in [0.05, 0.1) is 36.5 Å². The fraction of sp³-hybridized carbons (Fsp3) is 0.595. The van der Waals surface area contributed by atoms with E-state index in [1.807, 2.05) is 18.2 Å². The number of nitrogens with one attached hydrogen (secondary N) is 1. The largest absolute Gasteiger partial charge is 0.490 e. The van der Waals surface area contributed by atoms with E-state index in [-0.39, 0.29) is 34.9 Å². The van der Waals surface area contributed by atoms with Crippen molar-refractivity contribution < 1.29 is 31.8 Å². The van der Waals surface area contributed by atoms with Crippen molar-refractivity contribution in [2.75, 3.05) is 57.4 Å². The zero-order valence-electron chi connectivity index (χ0n) is 28.3. The molecule has 2 aliphatic carbocycles. The Balaban J connectivity index is 1.24. The highest BCUT2D eigenvalue weighted by molar-refractivity contribution is 7.90. The second-order valence-corrected chi connectivity index (χ2v) is 17.1. The number of nitrogens with zero attached hydrogens (tertiary/aromatic N) is 2. The Bertz CT molecular complexity index is 1700. The number of sulfonamides is 1. The Morgan fingerprint density at radius 2 is 1.98 bits per heavy atom. The van der Waals surface area contributed by atoms with Gasteiger partial charge < -0.3 is 19.1 Å². The molecule has 5 atom stereocenters. The minimum atomic E-state index is -4.21. The second-order valence-electron chi connectivity index (χ2n) is 14.9. The van der Waals surface area contributed by atoms with Crippen molar-refractivity contribution in [3.63, 3.8) is 0 Å². The molecule has 1 saturated heterocycles. The summed E-state index contributed by atoms with van der Waals surface area (Å²) in [5, 5.41) is 0.717. The number of anilines is 1. The molecule has 0 radical (unpaired) electrons. The molecule has 7 rings (SSSR count). The maximum atomic E-state index is 13.8. The summed E-state index contributed by atoms with van der Waals surface area (Å²) in [5.41, 5.74) is 1.44. The molecule has 1 N–H and O–H groups in total. The van der Waals surface area contributed by atoms with Crippen LogP contribution in [0.4, 0.5) is 10.1 Å². The predicted molar refractivity (Wildman–Crippen MR) is 187 cm³/mol. The molecular formula is C37H47ClFN3O6S. The van der Waals surface area contributed by atoms with Crippen molar-refractivity contribution in [1.29, 1.82) is 0 Å². The van der Waals surface area contributed by atoms with E-state index >= 15 is 0 Å². The van der Waals surface area contributed by atoms with Crippen LogP contribution in [0.1, 0.15) is 57.1 Å². The third-order valence-corrected chi connectivity index (χ3v) is 12.8. The molecule has 49 heavy (non-hydrogen) atoms. The molecule has 2 aromatic rings. The summed E-state index contributed by atoms with van der Waals surface area (Å²) in [4.78, 5) is 17.7. The average molecular weight is 716 g/mol. The highest BCUT2D eigenvalue weighted by Gasteiger charge is 2.45. The maximum Gasteiger partial charge on any atom is 0.265 e. The topological polar surface area (TPSA) is 97.4 Å². The van der Waals surface area contributed by atoms with Gasteiger partial charge in [0.25, 0.3) is 15.9 Å². The molecule has 266 valence electrons. The molecule has 3 heterocycles. The van der Waals surface area contributed by atoms with E-state index in [9.17, 15) is 17.6 Å². The van der Waals surface area contributed by atoms with Crippen molar-refractivity contribution in [2.45, 2.75) is 80.6 Å². The SMILES string of the molecule is CC1(C)OC/C=C/[C@H](OCCN2CC[C@@H](F)C2)[C@@H]2CC[C@H]2CN2C[C@@]3(CCCc4cc(Cl)ccc43)COc3ccc(cc32)S(=O)(=O)NC1=O. The van der Waals surface area contributed by atoms with Gasteiger partial charge in [-0.3, -0.25) is 9.69 Å². The number of aryl methyl sites for hydroxylation is 1. The Labute approximate surface area is 294 Å². The number of hydrogen-bond donors (Lipinski definition) is 1. The molecule has 2 bridgehead atoms. The van der Waals surface area contributed by atoms with E-state index in [0.717, 1.165) is 43.7 Å². The molecule has 2 fully saturated rings. The van der Waals surface area contributed by atoms with Crippen molar-refractivity contribution in [1.82, 2.24) is 9.62 Å². The first-order valence-corrected chi connectivity index (χ1v) is 19.5. The highest BCUT2D eigenvalue weighted by atomic mass is 35.5. The number of benzene rings is 2. The van der Waals surface area contributed by atoms with Crippen LogP contribution in [0.2, 0.25) is 5.02 Å². The van der Waals surface area contributed by atoms with Crippen LogP contribution in [0, 0.1) is 11.8 Å². The minimum Gasteiger partial charge on any atom is -0.490 e. The molecule has 1 amide bonds. The zero-order valence-corrected chi connectivity index (χ0v) is 29.9. The van der Waals surface area contributed by atoms with Crippen LogP contribution in [0.25, 0.3) is 0 Å². The fourth-order valence-electron chi connectivity index (χ4n) is 8.24. The van der Waals surface area contributed by atoms with E-state index < -0.39 is 27.7 Å². The number of hydrogen-bond acceptors (Lipinski definition) is 8. The summed E-state index contributed by atoms with van der Waals surface area (Å²) in [6.45, 7) is 7.37. The van der Waals surface area contributed by atoms with E-state index in [4.69, 9.17) is 25.8 Å². The number of carbonyl (C=O) groups is 1. The molecule has 3 aliphatic heterocycles. The summed E-state index contributed by atoms with van der Waals surface area (Å²) >= 11 is 6.44. The van der Waals surface area contributed by atoms with Gasteiger partial charge in [-0.15, -0.1) is 0 Å². The molecule has 1 saturated carbocycles. The predicted octanol–water partition coefficient (Wildman–Crippen LogP) is 5.44. The number of amides is 1. The molecule has 0 unspecified atom stereocenters. The quantitative estimate of drug-likeness (QED) is 0.419. The van der Waals surface area contributed by atoms with E-state index in [0.29, 0.717) is 57.3 Å². The fourth-order valence-corrected chi connectivity index (χ4v) is 9.56. The van der Waals surface area contributed by atoms with Gasteiger partial charge in [0.15, 0.2) is 0 Å². The molecular weight excluding hydrogens is 669 g/mol. The van der Waals surface area contributed by atoms with Gasteiger partial charge in [-0.1, -0.05) is 29.8 Å². The second kappa shape index (κ2) is 13.8. The van der Waals surface area contributed by atoms with E-state index in [2.05, 4.69) is 26.7 Å². The number of carbonyl (C=O) groups excluding carboxylic acids is 1. The monoisotopic (exact) mass is 715 g/mol. The number of ether oxygens (including phenoxy) is 3. The Morgan fingerprint density at radius 1 is 1.12 bits per heavy atom. The first-order valence-electron chi connectivity index (χ1n) is 17.6. The van der Waals surface area contributed by atoms with Gasteiger partial charge in [0, 0.05) is 43.2 Å². The first kappa shape index (κ1) is 34.7. The summed E-state index contributed by atoms with van der Waals surface area (Å²) in [5.74, 6) is 0.364. The molecule has 5 aliphatic rings. The van der Waals surface area contributed by atoms with Gasteiger partial charge in [-0.05, 0) is 106 Å². The number of alkyl halides is 1. The van der Waals surface area contributed by atoms with Crippen LogP contribution in [-0.4, -0.2) is 89.6 Å². The molecule has 9 nitrogen and oxygen atoms in total. The van der Waals surface area contributed by atoms with Gasteiger partial charge in [-0.2, -0.15) is 0 Å². The van der Waals surface area contributed by atoms with Crippen LogP contribution in [0.15, 0.2) is 53.4 Å². The summed E-state index contributed by atoms with van der Waals surface area (Å²) in [6, 6.07) is 11.0. The van der Waals surface area contributed by atoms with Gasteiger partial charge in [0.1, 0.15) is 17.5 Å². The van der Waals surface area contributed by atoms with Gasteiger partial charge in [-0.25, -0.2) is 17.5 Å². The van der Waals surface area contributed by atoms with E-state index in [1.165, 1.54) is 17.2 Å². The Hall–Kier alpha value is -2.70. The van der Waals surface area contributed by atoms with Crippen molar-refractivity contribution >= 4 is 33.2 Å². The van der Waals surface area contributed by atoms with Crippen LogP contribution in [-0.2, 0) is 36.1 Å². The standard InChI is InChI=1S/C37H47ClFN3O6S/c1-36(2)35(43)40-49(44,45)29-9-12-34-32(20-29)42(23-37(24-47-34)14-3-5-25-19-27(38)8-11-31(25)37)21-26-7-10-30(26)33(6-4-17-48-36)46-18-16-41-15-13-28(39)22-41/h4,6,8-9,11-12,19-20,26,28,30,33H,3,5,7,10,13-18,21-24H2,1-2H3,(H,40,43)/b6-4+/t26-,28+,30+,33-,37-/m0/s1. The number of likely N-dealkylation sites (tertiary alicyclic amines) is 1. The number of rotatable bonds is 4. The summed E-state index contributed by atoms with van der Waals surface area (Å²) in [7, 11) is -4.21. The maximum absolute atomic E-state index is 13.8. The van der Waals surface area contributed by atoms with E-state index in [1.54, 1.807) is 26.0 Å². The Morgan fingerprint density at radius 3 is 2.76 bits per heavy atom. The van der Waals surface area contributed by atoms with Crippen LogP contribution in [0.5, 0.6) is 5.75 Å². The van der Waals surface area contributed by atoms with Gasteiger partial charge >= 0.3 is 0 Å². The number of fused-ring (bicyclic) bond motifs is 4. The zero-order chi connectivity index (χ0) is 34.4. The molecule has 0 aromatic heterocycles. The van der Waals surface area contributed by atoms with Gasteiger partial charge in [0.2, 0.25) is 0 Å². The lowest BCUT2D eigenvalue weighted by Crippen LogP contribution is -2.50. The lowest BCUT2D eigenvalue weighted by molar-refractivity contribution is -0.139. The minimum absolute atomic E-state index is 0.00781. The molecule has 1 spiro atoms. The lowest BCUT2D eigenvalue weighted by atomic mass is 9.68. The molecule has 12 heteroatoms. The van der Waals surface area contributed by atoms with Crippen molar-refractivity contribution in [2.24, 2.45) is 11.8 Å². The smallest absolute Gasteiger partial charge is 0.265 e. The third-order valence-electron chi connectivity index (χ3n) is 11.2. The number of halogens is 2. The van der Waals surface area contributed by atoms with Crippen LogP contribution >= 0.6 is 11.6 Å². The summed E-state index contributed by atoms with van der Waals surface area (Å²) < 4.78 is 62.4. The normalized spacial score (nSPS) is 31.8. The van der Waals surface area contributed by atoms with Crippen LogP contribution in [0.3, 0.4) is 0 Å². The first-order chi connectivity index (χ1) is 23.4. The van der Waals surface area contributed by atoms with Crippen LogP contribution < -0.4 is 14.4 Å². The van der Waals surface area contributed by atoms with Crippen molar-refractivity contribution in [3.05, 3.63) is 64.7 Å².